The summed E-state index contributed by atoms with van der Waals surface area (Å²) in [4.78, 5) is 4.20. The van der Waals surface area contributed by atoms with Crippen molar-refractivity contribution in [3.8, 4) is 11.8 Å². The van der Waals surface area contributed by atoms with Crippen LogP contribution in [0.3, 0.4) is 0 Å². The van der Waals surface area contributed by atoms with Crippen LogP contribution < -0.4 is 10.5 Å². The number of nitrogens with zero attached hydrogens (tertiary/aromatic N) is 2. The van der Waals surface area contributed by atoms with Gasteiger partial charge in [0.15, 0.2) is 0 Å². The maximum Gasteiger partial charge on any atom is 0.138 e. The summed E-state index contributed by atoms with van der Waals surface area (Å²) >= 11 is 0. The lowest BCUT2D eigenvalue weighted by atomic mass is 10.1. The summed E-state index contributed by atoms with van der Waals surface area (Å²) in [5, 5.41) is 8.78. The number of ether oxygens (including phenoxy) is 1. The molecule has 1 aromatic carbocycles. The Labute approximate surface area is 116 Å². The van der Waals surface area contributed by atoms with Crippen LogP contribution in [0.4, 0.5) is 4.39 Å². The Morgan fingerprint density at radius 2 is 2.15 bits per heavy atom. The largest absolute Gasteiger partial charge is 0.487 e. The molecule has 0 bridgehead atoms. The zero-order valence-corrected chi connectivity index (χ0v) is 10.8. The Morgan fingerprint density at radius 3 is 2.80 bits per heavy atom. The summed E-state index contributed by atoms with van der Waals surface area (Å²) in [6.07, 6.45) is 2.32. The lowest BCUT2D eigenvalue weighted by Crippen LogP contribution is -2.04. The molecule has 2 rings (SSSR count). The Bertz CT molecular complexity index is 620. The van der Waals surface area contributed by atoms with Crippen LogP contribution in [-0.4, -0.2) is 11.5 Å². The van der Waals surface area contributed by atoms with Crippen molar-refractivity contribution in [2.45, 2.75) is 13.0 Å². The highest BCUT2D eigenvalue weighted by molar-refractivity contribution is 5.33. The molecule has 0 aliphatic rings. The highest BCUT2D eigenvalue weighted by Gasteiger charge is 2.02. The van der Waals surface area contributed by atoms with Crippen LogP contribution >= 0.6 is 0 Å². The number of rotatable bonds is 5. The third-order valence-corrected chi connectivity index (χ3v) is 2.69. The number of nitriles is 1. The van der Waals surface area contributed by atoms with E-state index in [-0.39, 0.29) is 12.2 Å². The highest BCUT2D eigenvalue weighted by atomic mass is 19.1. The molecule has 1 aromatic heterocycles. The van der Waals surface area contributed by atoms with Gasteiger partial charge in [0.05, 0.1) is 17.8 Å². The van der Waals surface area contributed by atoms with E-state index in [1.165, 1.54) is 12.1 Å². The predicted octanol–water partition coefficient (Wildman–Crippen LogP) is 2.17. The summed E-state index contributed by atoms with van der Waals surface area (Å²) in [6.45, 7) is 0.734. The van der Waals surface area contributed by atoms with Crippen LogP contribution in [-0.2, 0) is 13.0 Å². The minimum atomic E-state index is -0.445. The van der Waals surface area contributed by atoms with Crippen molar-refractivity contribution in [3.63, 3.8) is 0 Å². The maximum absolute atomic E-state index is 13.2. The summed E-state index contributed by atoms with van der Waals surface area (Å²) in [5.74, 6) is 0.146. The van der Waals surface area contributed by atoms with Crippen molar-refractivity contribution in [3.05, 3.63) is 59.2 Å². The smallest absolute Gasteiger partial charge is 0.138 e. The van der Waals surface area contributed by atoms with Crippen LogP contribution in [0.5, 0.6) is 5.75 Å². The van der Waals surface area contributed by atoms with E-state index in [0.717, 1.165) is 12.1 Å². The summed E-state index contributed by atoms with van der Waals surface area (Å²) in [7, 11) is 0. The molecule has 0 aliphatic heterocycles. The zero-order valence-electron chi connectivity index (χ0n) is 10.8. The van der Waals surface area contributed by atoms with Gasteiger partial charge in [-0.25, -0.2) is 4.39 Å². The maximum atomic E-state index is 13.2. The number of nitrogens with two attached hydrogens (primary N) is 1. The normalized spacial score (nSPS) is 10.1. The molecule has 0 aliphatic carbocycles. The first-order chi connectivity index (χ1) is 9.71. The topological polar surface area (TPSA) is 71.9 Å². The fourth-order valence-electron chi connectivity index (χ4n) is 1.76. The molecule has 0 amide bonds. The quantitative estimate of drug-likeness (QED) is 0.904. The Hall–Kier alpha value is -2.45. The molecule has 0 radical (unpaired) electrons. The van der Waals surface area contributed by atoms with Gasteiger partial charge in [0.2, 0.25) is 0 Å². The number of aromatic nitrogens is 1. The third-order valence-electron chi connectivity index (χ3n) is 2.69. The molecule has 2 aromatic rings. The number of hydrogen-bond acceptors (Lipinski definition) is 4. The molecule has 4 nitrogen and oxygen atoms in total. The molecule has 0 fully saturated rings. The predicted molar refractivity (Wildman–Crippen MR) is 72.4 cm³/mol. The van der Waals surface area contributed by atoms with Gasteiger partial charge in [-0.2, -0.15) is 5.26 Å². The van der Waals surface area contributed by atoms with E-state index in [1.54, 1.807) is 18.3 Å². The second-order valence-corrected chi connectivity index (χ2v) is 4.27. The van der Waals surface area contributed by atoms with Gasteiger partial charge < -0.3 is 10.5 Å². The Kier molecular flexibility index (Phi) is 4.64. The van der Waals surface area contributed by atoms with E-state index in [4.69, 9.17) is 15.7 Å². The molecule has 0 saturated carbocycles. The molecule has 0 unspecified atom stereocenters. The van der Waals surface area contributed by atoms with Crippen molar-refractivity contribution in [2.24, 2.45) is 5.73 Å². The first kappa shape index (κ1) is 14.0. The Morgan fingerprint density at radius 1 is 1.30 bits per heavy atom. The van der Waals surface area contributed by atoms with Crippen LogP contribution in [0.25, 0.3) is 0 Å². The lowest BCUT2D eigenvalue weighted by molar-refractivity contribution is 0.304. The molecule has 2 N–H and O–H groups in total. The van der Waals surface area contributed by atoms with Gasteiger partial charge in [0.1, 0.15) is 18.2 Å². The average Bonchev–Trinajstić information content (AvgIpc) is 2.46. The molecule has 0 saturated heterocycles. The molecular weight excluding hydrogens is 257 g/mol. The Balaban J connectivity index is 2.01. The highest BCUT2D eigenvalue weighted by Crippen LogP contribution is 2.14. The van der Waals surface area contributed by atoms with Crippen molar-refractivity contribution in [1.82, 2.24) is 4.98 Å². The number of hydrogen-bond donors (Lipinski definition) is 1. The van der Waals surface area contributed by atoms with Crippen LogP contribution in [0.15, 0.2) is 36.5 Å². The second kappa shape index (κ2) is 6.64. The molecule has 20 heavy (non-hydrogen) atoms. The number of benzene rings is 1. The third kappa shape index (κ3) is 3.77. The van der Waals surface area contributed by atoms with Crippen molar-refractivity contribution in [1.29, 1.82) is 5.26 Å². The first-order valence-electron chi connectivity index (χ1n) is 6.18. The van der Waals surface area contributed by atoms with Gasteiger partial charge >= 0.3 is 0 Å². The summed E-state index contributed by atoms with van der Waals surface area (Å²) in [6, 6.07) is 9.67. The van der Waals surface area contributed by atoms with E-state index in [9.17, 15) is 4.39 Å². The van der Waals surface area contributed by atoms with Gasteiger partial charge in [0, 0.05) is 12.1 Å². The number of pyridine rings is 1. The van der Waals surface area contributed by atoms with E-state index >= 15 is 0 Å². The molecular formula is C15H14FN3O. The summed E-state index contributed by atoms with van der Waals surface area (Å²) in [5.41, 5.74) is 7.22. The van der Waals surface area contributed by atoms with Gasteiger partial charge in [-0.3, -0.25) is 4.98 Å². The SMILES string of the molecule is N#Cc1cc(F)cc(COc2ccc(CCN)nc2)c1. The number of halogens is 1. The lowest BCUT2D eigenvalue weighted by Gasteiger charge is -2.07. The van der Waals surface area contributed by atoms with Crippen molar-refractivity contribution >= 4 is 0 Å². The van der Waals surface area contributed by atoms with E-state index in [0.29, 0.717) is 17.9 Å². The van der Waals surface area contributed by atoms with E-state index < -0.39 is 5.82 Å². The fourth-order valence-corrected chi connectivity index (χ4v) is 1.76. The van der Waals surface area contributed by atoms with Crippen LogP contribution in [0.1, 0.15) is 16.8 Å². The van der Waals surface area contributed by atoms with Crippen LogP contribution in [0.2, 0.25) is 0 Å². The molecule has 0 atom stereocenters. The van der Waals surface area contributed by atoms with Crippen LogP contribution in [0, 0.1) is 17.1 Å². The van der Waals surface area contributed by atoms with Crippen molar-refractivity contribution < 1.29 is 9.13 Å². The molecule has 5 heteroatoms. The molecule has 0 spiro atoms. The first-order valence-corrected chi connectivity index (χ1v) is 6.18. The van der Waals surface area contributed by atoms with E-state index in [2.05, 4.69) is 4.98 Å². The minimum Gasteiger partial charge on any atom is -0.487 e. The van der Waals surface area contributed by atoms with Gasteiger partial charge in [-0.05, 0) is 42.4 Å². The average molecular weight is 271 g/mol. The molecule has 1 heterocycles. The fraction of sp³-hybridized carbons (Fsp3) is 0.200. The van der Waals surface area contributed by atoms with Gasteiger partial charge in [0.25, 0.3) is 0 Å². The van der Waals surface area contributed by atoms with Gasteiger partial charge in [-0.1, -0.05) is 0 Å². The monoisotopic (exact) mass is 271 g/mol. The standard InChI is InChI=1S/C15H14FN3O/c16-13-6-11(8-18)5-12(7-13)10-20-15-2-1-14(3-4-17)19-9-15/h1-2,5-7,9H,3-4,10,17H2. The second-order valence-electron chi connectivity index (χ2n) is 4.27. The van der Waals surface area contributed by atoms with Gasteiger partial charge in [-0.15, -0.1) is 0 Å². The zero-order chi connectivity index (χ0) is 14.4. The van der Waals surface area contributed by atoms with Crippen molar-refractivity contribution in [2.75, 3.05) is 6.54 Å². The summed E-state index contributed by atoms with van der Waals surface area (Å²) < 4.78 is 18.8. The molecule has 102 valence electrons. The van der Waals surface area contributed by atoms with E-state index in [1.807, 2.05) is 12.1 Å². The minimum absolute atomic E-state index is 0.185.